The molecule has 2 aromatic carbocycles. The zero-order valence-electron chi connectivity index (χ0n) is 20.4. The van der Waals surface area contributed by atoms with E-state index in [2.05, 4.69) is 15.6 Å². The van der Waals surface area contributed by atoms with Crippen LogP contribution in [0.2, 0.25) is 0 Å². The lowest BCUT2D eigenvalue weighted by molar-refractivity contribution is -0.144. The summed E-state index contributed by atoms with van der Waals surface area (Å²) in [5.41, 5.74) is 7.96. The number of para-hydroxylation sites is 1. The summed E-state index contributed by atoms with van der Waals surface area (Å²) in [5, 5.41) is 16.0. The Balaban J connectivity index is 1.48. The second kappa shape index (κ2) is 11.7. The molecule has 6 N–H and O–H groups in total. The minimum Gasteiger partial charge on any atom is -0.480 e. The van der Waals surface area contributed by atoms with Gasteiger partial charge in [0.1, 0.15) is 18.1 Å². The van der Waals surface area contributed by atoms with E-state index in [1.807, 2.05) is 54.6 Å². The number of nitrogens with one attached hydrogen (secondary N) is 3. The molecule has 10 nitrogen and oxygen atoms in total. The van der Waals surface area contributed by atoms with Gasteiger partial charge in [0.15, 0.2) is 0 Å². The maximum absolute atomic E-state index is 13.5. The molecule has 1 saturated heterocycles. The maximum atomic E-state index is 13.5. The summed E-state index contributed by atoms with van der Waals surface area (Å²) >= 11 is 0. The van der Waals surface area contributed by atoms with Gasteiger partial charge in [0.05, 0.1) is 6.54 Å². The first-order valence-electron chi connectivity index (χ1n) is 12.3. The first-order valence-corrected chi connectivity index (χ1v) is 12.3. The standard InChI is InChI=1S/C27H31N5O5/c28-15-24(33)30-21(13-17-7-2-1-3-8-17)26(35)32-12-6-11-23(32)25(34)31-22(27(36)37)14-18-16-29-20-10-5-4-9-19(18)20/h1-5,7-10,16,21-23,29H,6,11-15,28H2,(H,30,33)(H,31,34)(H,36,37). The summed E-state index contributed by atoms with van der Waals surface area (Å²) in [5.74, 6) is -2.56. The van der Waals surface area contributed by atoms with Crippen LogP contribution in [0.5, 0.6) is 0 Å². The van der Waals surface area contributed by atoms with Crippen molar-refractivity contribution in [1.29, 1.82) is 0 Å². The predicted molar refractivity (Wildman–Crippen MR) is 137 cm³/mol. The van der Waals surface area contributed by atoms with E-state index in [1.54, 1.807) is 6.20 Å². The monoisotopic (exact) mass is 505 g/mol. The van der Waals surface area contributed by atoms with Gasteiger partial charge in [-0.05, 0) is 30.0 Å². The van der Waals surface area contributed by atoms with Gasteiger partial charge in [0.25, 0.3) is 0 Å². The quantitative estimate of drug-likeness (QED) is 0.276. The van der Waals surface area contributed by atoms with E-state index >= 15 is 0 Å². The van der Waals surface area contributed by atoms with Gasteiger partial charge in [0.2, 0.25) is 17.7 Å². The van der Waals surface area contributed by atoms with Gasteiger partial charge in [0, 0.05) is 36.5 Å². The normalized spacial score (nSPS) is 16.8. The van der Waals surface area contributed by atoms with E-state index < -0.39 is 41.8 Å². The maximum Gasteiger partial charge on any atom is 0.326 e. The Bertz CT molecular complexity index is 1270. The molecule has 0 bridgehead atoms. The lowest BCUT2D eigenvalue weighted by atomic mass is 10.0. The summed E-state index contributed by atoms with van der Waals surface area (Å²) in [6.45, 7) is 0.0670. The van der Waals surface area contributed by atoms with Crippen LogP contribution in [-0.4, -0.2) is 69.9 Å². The molecule has 4 rings (SSSR count). The zero-order valence-corrected chi connectivity index (χ0v) is 20.4. The fourth-order valence-corrected chi connectivity index (χ4v) is 4.79. The van der Waals surface area contributed by atoms with Crippen molar-refractivity contribution in [2.75, 3.05) is 13.1 Å². The van der Waals surface area contributed by atoms with Gasteiger partial charge < -0.3 is 31.4 Å². The smallest absolute Gasteiger partial charge is 0.326 e. The molecule has 194 valence electrons. The highest BCUT2D eigenvalue weighted by Crippen LogP contribution is 2.22. The van der Waals surface area contributed by atoms with Gasteiger partial charge in [-0.3, -0.25) is 14.4 Å². The number of nitrogens with zero attached hydrogens (tertiary/aromatic N) is 1. The molecule has 3 aromatic rings. The molecule has 2 heterocycles. The SMILES string of the molecule is NCC(=O)NC(Cc1ccccc1)C(=O)N1CCCC1C(=O)NC(Cc1c[nH]c2ccccc12)C(=O)O. The number of aromatic amines is 1. The molecule has 1 aliphatic heterocycles. The first kappa shape index (κ1) is 25.9. The minimum absolute atomic E-state index is 0.0922. The number of aromatic nitrogens is 1. The van der Waals surface area contributed by atoms with Gasteiger partial charge in [-0.1, -0.05) is 48.5 Å². The van der Waals surface area contributed by atoms with Crippen LogP contribution >= 0.6 is 0 Å². The molecule has 1 aliphatic rings. The number of rotatable bonds is 10. The van der Waals surface area contributed by atoms with E-state index in [0.29, 0.717) is 19.4 Å². The van der Waals surface area contributed by atoms with Gasteiger partial charge in [-0.2, -0.15) is 0 Å². The van der Waals surface area contributed by atoms with E-state index in [-0.39, 0.29) is 19.4 Å². The largest absolute Gasteiger partial charge is 0.480 e. The van der Waals surface area contributed by atoms with Gasteiger partial charge >= 0.3 is 5.97 Å². The number of carbonyl (C=O) groups excluding carboxylic acids is 3. The summed E-state index contributed by atoms with van der Waals surface area (Å²) in [4.78, 5) is 55.4. The lowest BCUT2D eigenvalue weighted by Gasteiger charge is -2.29. The molecule has 0 aliphatic carbocycles. The van der Waals surface area contributed by atoms with E-state index in [4.69, 9.17) is 5.73 Å². The van der Waals surface area contributed by atoms with Gasteiger partial charge in [-0.25, -0.2) is 4.79 Å². The second-order valence-electron chi connectivity index (χ2n) is 9.17. The Labute approximate surface area is 214 Å². The highest BCUT2D eigenvalue weighted by atomic mass is 16.4. The molecule has 3 amide bonds. The van der Waals surface area contributed by atoms with Gasteiger partial charge in [-0.15, -0.1) is 0 Å². The third-order valence-electron chi connectivity index (χ3n) is 6.65. The number of carboxylic acid groups (broad SMARTS) is 1. The van der Waals surface area contributed by atoms with Crippen molar-refractivity contribution < 1.29 is 24.3 Å². The van der Waals surface area contributed by atoms with Crippen molar-refractivity contribution in [2.45, 2.75) is 43.8 Å². The van der Waals surface area contributed by atoms with Crippen LogP contribution in [0.3, 0.4) is 0 Å². The molecule has 3 unspecified atom stereocenters. The minimum atomic E-state index is -1.17. The Morgan fingerprint density at radius 3 is 2.46 bits per heavy atom. The highest BCUT2D eigenvalue weighted by Gasteiger charge is 2.39. The van der Waals surface area contributed by atoms with Crippen LogP contribution in [0.15, 0.2) is 60.8 Å². The Morgan fingerprint density at radius 1 is 1.00 bits per heavy atom. The Kier molecular flexibility index (Phi) is 8.19. The fraction of sp³-hybridized carbons (Fsp3) is 0.333. The molecule has 1 fully saturated rings. The molecule has 10 heteroatoms. The highest BCUT2D eigenvalue weighted by molar-refractivity contribution is 5.94. The number of aliphatic carboxylic acids is 1. The topological polar surface area (TPSA) is 158 Å². The lowest BCUT2D eigenvalue weighted by Crippen LogP contribution is -2.56. The molecule has 3 atom stereocenters. The van der Waals surface area contributed by atoms with Crippen LogP contribution in [0.1, 0.15) is 24.0 Å². The van der Waals surface area contributed by atoms with E-state index in [1.165, 1.54) is 4.90 Å². The van der Waals surface area contributed by atoms with E-state index in [9.17, 15) is 24.3 Å². The Morgan fingerprint density at radius 2 is 1.73 bits per heavy atom. The third-order valence-corrected chi connectivity index (χ3v) is 6.65. The Hall–Kier alpha value is -4.18. The van der Waals surface area contributed by atoms with Crippen LogP contribution in [0.4, 0.5) is 0 Å². The number of nitrogens with two attached hydrogens (primary N) is 1. The fourth-order valence-electron chi connectivity index (χ4n) is 4.79. The van der Waals surface area contributed by atoms with Crippen molar-refractivity contribution in [1.82, 2.24) is 20.5 Å². The van der Waals surface area contributed by atoms with Crippen molar-refractivity contribution in [3.05, 3.63) is 71.9 Å². The third kappa shape index (κ3) is 6.15. The summed E-state index contributed by atoms with van der Waals surface area (Å²) in [6.07, 6.45) is 3.07. The number of hydrogen-bond donors (Lipinski definition) is 5. The van der Waals surface area contributed by atoms with Crippen molar-refractivity contribution in [3.63, 3.8) is 0 Å². The summed E-state index contributed by atoms with van der Waals surface area (Å²) in [7, 11) is 0. The number of carboxylic acids is 1. The number of fused-ring (bicyclic) bond motifs is 1. The molecule has 0 spiro atoms. The molecule has 0 radical (unpaired) electrons. The summed E-state index contributed by atoms with van der Waals surface area (Å²) < 4.78 is 0. The predicted octanol–water partition coefficient (Wildman–Crippen LogP) is 0.957. The number of hydrogen-bond acceptors (Lipinski definition) is 5. The number of likely N-dealkylation sites (tertiary alicyclic amines) is 1. The number of H-pyrrole nitrogens is 1. The van der Waals surface area contributed by atoms with Crippen molar-refractivity contribution >= 4 is 34.6 Å². The van der Waals surface area contributed by atoms with Crippen molar-refractivity contribution in [2.24, 2.45) is 5.73 Å². The molecular formula is C27H31N5O5. The molecular weight excluding hydrogens is 474 g/mol. The average molecular weight is 506 g/mol. The second-order valence-corrected chi connectivity index (χ2v) is 9.17. The van der Waals surface area contributed by atoms with Crippen molar-refractivity contribution in [3.8, 4) is 0 Å². The zero-order chi connectivity index (χ0) is 26.4. The van der Waals surface area contributed by atoms with Crippen LogP contribution in [-0.2, 0) is 32.0 Å². The van der Waals surface area contributed by atoms with E-state index in [0.717, 1.165) is 22.0 Å². The molecule has 37 heavy (non-hydrogen) atoms. The summed E-state index contributed by atoms with van der Waals surface area (Å²) in [6, 6.07) is 13.9. The van der Waals surface area contributed by atoms with Crippen LogP contribution in [0, 0.1) is 0 Å². The average Bonchev–Trinajstić information content (AvgIpc) is 3.55. The first-order chi connectivity index (χ1) is 17.9. The van der Waals surface area contributed by atoms with Crippen LogP contribution in [0.25, 0.3) is 10.9 Å². The number of benzene rings is 2. The number of amides is 3. The van der Waals surface area contributed by atoms with Crippen LogP contribution < -0.4 is 16.4 Å². The molecule has 0 saturated carbocycles. The molecule has 1 aromatic heterocycles. The number of carbonyl (C=O) groups is 4.